The maximum absolute atomic E-state index is 12.9. The van der Waals surface area contributed by atoms with Gasteiger partial charge in [-0.15, -0.1) is 0 Å². The summed E-state index contributed by atoms with van der Waals surface area (Å²) in [6.45, 7) is 3.77. The van der Waals surface area contributed by atoms with Gasteiger partial charge in [-0.3, -0.25) is 4.79 Å². The molecule has 2 aliphatic heterocycles. The van der Waals surface area contributed by atoms with Crippen molar-refractivity contribution < 1.29 is 23.9 Å². The number of methoxy groups -OCH3 is 2. The van der Waals surface area contributed by atoms with Gasteiger partial charge in [0.05, 0.1) is 37.4 Å². The molecule has 1 fully saturated rings. The van der Waals surface area contributed by atoms with E-state index in [1.807, 2.05) is 13.8 Å². The van der Waals surface area contributed by atoms with E-state index in [2.05, 4.69) is 11.4 Å². The highest BCUT2D eigenvalue weighted by Crippen LogP contribution is 2.45. The zero-order valence-corrected chi connectivity index (χ0v) is 18.3. The summed E-state index contributed by atoms with van der Waals surface area (Å²) in [4.78, 5) is 40.2. The standard InChI is InChI=1S/C22H22ClN3O5/c1-5-11(2)17-20(27)25-19-14(10-24)15(12-6-8-13(23)9-7-12)16(21(28)30-3)18(26(17)19)22(29)31-4/h6-9,11,15,17H,5H2,1-4H3,(H,25,27). The second-order valence-corrected chi connectivity index (χ2v) is 7.73. The molecular weight excluding hydrogens is 422 g/mol. The zero-order valence-electron chi connectivity index (χ0n) is 17.6. The maximum atomic E-state index is 12.9. The van der Waals surface area contributed by atoms with Crippen LogP contribution in [0.25, 0.3) is 0 Å². The van der Waals surface area contributed by atoms with Gasteiger partial charge in [-0.2, -0.15) is 5.26 Å². The number of allylic oxidation sites excluding steroid dienone is 1. The lowest BCUT2D eigenvalue weighted by atomic mass is 9.80. The number of rotatable bonds is 5. The third-order valence-corrected chi connectivity index (χ3v) is 5.90. The molecule has 162 valence electrons. The van der Waals surface area contributed by atoms with E-state index in [0.717, 1.165) is 0 Å². The van der Waals surface area contributed by atoms with Gasteiger partial charge in [-0.25, -0.2) is 9.59 Å². The van der Waals surface area contributed by atoms with Gasteiger partial charge in [0.15, 0.2) is 0 Å². The second kappa shape index (κ2) is 8.82. The van der Waals surface area contributed by atoms with Crippen LogP contribution in [0.3, 0.4) is 0 Å². The monoisotopic (exact) mass is 443 g/mol. The minimum absolute atomic E-state index is 0.0678. The van der Waals surface area contributed by atoms with Crippen LogP contribution in [0.15, 0.2) is 46.9 Å². The Morgan fingerprint density at radius 3 is 2.35 bits per heavy atom. The quantitative estimate of drug-likeness (QED) is 0.696. The summed E-state index contributed by atoms with van der Waals surface area (Å²) >= 11 is 6.01. The van der Waals surface area contributed by atoms with E-state index in [1.54, 1.807) is 24.3 Å². The van der Waals surface area contributed by atoms with Gasteiger partial charge in [0.2, 0.25) is 5.91 Å². The molecule has 0 saturated carbocycles. The van der Waals surface area contributed by atoms with Gasteiger partial charge in [-0.05, 0) is 23.6 Å². The van der Waals surface area contributed by atoms with Gasteiger partial charge in [0.25, 0.3) is 0 Å². The third kappa shape index (κ3) is 3.66. The van der Waals surface area contributed by atoms with E-state index in [0.29, 0.717) is 17.0 Å². The predicted octanol–water partition coefficient (Wildman–Crippen LogP) is 2.62. The summed E-state index contributed by atoms with van der Waals surface area (Å²) < 4.78 is 9.97. The summed E-state index contributed by atoms with van der Waals surface area (Å²) in [5.74, 6) is -2.92. The Balaban J connectivity index is 2.39. The lowest BCUT2D eigenvalue weighted by Gasteiger charge is -2.36. The number of amides is 1. The van der Waals surface area contributed by atoms with Crippen molar-refractivity contribution in [3.8, 4) is 6.07 Å². The number of fused-ring (bicyclic) bond motifs is 1. The fourth-order valence-corrected chi connectivity index (χ4v) is 4.10. The van der Waals surface area contributed by atoms with Gasteiger partial charge in [0.1, 0.15) is 17.6 Å². The molecule has 1 aromatic rings. The van der Waals surface area contributed by atoms with Gasteiger partial charge >= 0.3 is 11.9 Å². The molecule has 3 unspecified atom stereocenters. The van der Waals surface area contributed by atoms with E-state index >= 15 is 0 Å². The Kier molecular flexibility index (Phi) is 6.37. The molecule has 1 saturated heterocycles. The minimum Gasteiger partial charge on any atom is -0.466 e. The number of hydrogen-bond acceptors (Lipinski definition) is 7. The number of nitrogens with zero attached hydrogens (tertiary/aromatic N) is 2. The van der Waals surface area contributed by atoms with Crippen molar-refractivity contribution in [1.29, 1.82) is 5.26 Å². The molecule has 8 nitrogen and oxygen atoms in total. The van der Waals surface area contributed by atoms with Crippen molar-refractivity contribution in [3.63, 3.8) is 0 Å². The molecule has 1 amide bonds. The first-order valence-corrected chi connectivity index (χ1v) is 10.1. The topological polar surface area (TPSA) is 109 Å². The molecule has 1 aromatic carbocycles. The summed E-state index contributed by atoms with van der Waals surface area (Å²) in [6.07, 6.45) is 0.631. The highest BCUT2D eigenvalue weighted by molar-refractivity contribution is 6.30. The van der Waals surface area contributed by atoms with Crippen LogP contribution in [0.2, 0.25) is 5.02 Å². The minimum atomic E-state index is -0.953. The maximum Gasteiger partial charge on any atom is 0.355 e. The molecule has 1 N–H and O–H groups in total. The third-order valence-electron chi connectivity index (χ3n) is 5.65. The number of benzene rings is 1. The lowest BCUT2D eigenvalue weighted by molar-refractivity contribution is -0.141. The lowest BCUT2D eigenvalue weighted by Crippen LogP contribution is -2.43. The van der Waals surface area contributed by atoms with Gasteiger partial charge in [0, 0.05) is 5.02 Å². The number of hydrogen-bond donors (Lipinski definition) is 1. The highest BCUT2D eigenvalue weighted by Gasteiger charge is 2.51. The number of halogens is 1. The van der Waals surface area contributed by atoms with Crippen molar-refractivity contribution in [2.24, 2.45) is 5.92 Å². The SMILES string of the molecule is CCC(C)C1C(=O)NC2=C(C#N)C(c3ccc(Cl)cc3)C(C(=O)OC)=C(C(=O)OC)N21. The van der Waals surface area contributed by atoms with Crippen molar-refractivity contribution in [1.82, 2.24) is 10.2 Å². The van der Waals surface area contributed by atoms with Crippen LogP contribution >= 0.6 is 11.6 Å². The smallest absolute Gasteiger partial charge is 0.355 e. The Labute approximate surface area is 185 Å². The summed E-state index contributed by atoms with van der Waals surface area (Å²) in [5.41, 5.74) is 0.472. The summed E-state index contributed by atoms with van der Waals surface area (Å²) in [6, 6.07) is 7.87. The van der Waals surface area contributed by atoms with E-state index in [4.69, 9.17) is 21.1 Å². The average molecular weight is 444 g/mol. The Morgan fingerprint density at radius 1 is 1.23 bits per heavy atom. The summed E-state index contributed by atoms with van der Waals surface area (Å²) in [5, 5.41) is 13.3. The van der Waals surface area contributed by atoms with E-state index in [9.17, 15) is 19.6 Å². The van der Waals surface area contributed by atoms with Crippen molar-refractivity contribution >= 4 is 29.4 Å². The van der Waals surface area contributed by atoms with Crippen molar-refractivity contribution in [2.75, 3.05) is 14.2 Å². The molecule has 0 aliphatic carbocycles. The van der Waals surface area contributed by atoms with Crippen molar-refractivity contribution in [3.05, 3.63) is 57.5 Å². The van der Waals surface area contributed by atoms with E-state index < -0.39 is 23.9 Å². The van der Waals surface area contributed by atoms with Gasteiger partial charge in [-0.1, -0.05) is 44.0 Å². The predicted molar refractivity (Wildman–Crippen MR) is 111 cm³/mol. The molecule has 0 spiro atoms. The average Bonchev–Trinajstić information content (AvgIpc) is 3.12. The largest absolute Gasteiger partial charge is 0.466 e. The zero-order chi connectivity index (χ0) is 22.9. The fourth-order valence-electron chi connectivity index (χ4n) is 3.97. The fraction of sp³-hybridized carbons (Fsp3) is 0.364. The van der Waals surface area contributed by atoms with Gasteiger partial charge < -0.3 is 19.7 Å². The van der Waals surface area contributed by atoms with E-state index in [-0.39, 0.29) is 34.5 Å². The number of esters is 2. The number of nitrogens with one attached hydrogen (secondary N) is 1. The number of nitriles is 1. The van der Waals surface area contributed by atoms with Crippen LogP contribution in [0.5, 0.6) is 0 Å². The Hall–Kier alpha value is -3.31. The summed E-state index contributed by atoms with van der Waals surface area (Å²) in [7, 11) is 2.38. The molecule has 31 heavy (non-hydrogen) atoms. The first-order chi connectivity index (χ1) is 14.8. The van der Waals surface area contributed by atoms with Crippen LogP contribution in [-0.4, -0.2) is 43.0 Å². The first-order valence-electron chi connectivity index (χ1n) is 9.71. The van der Waals surface area contributed by atoms with Crippen LogP contribution in [-0.2, 0) is 23.9 Å². The molecule has 9 heteroatoms. The first kappa shape index (κ1) is 22.4. The molecule has 2 aliphatic rings. The number of carbonyl (C=O) groups is 3. The number of carbonyl (C=O) groups excluding carboxylic acids is 3. The molecule has 0 aromatic heterocycles. The Bertz CT molecular complexity index is 1040. The highest BCUT2D eigenvalue weighted by atomic mass is 35.5. The molecular formula is C22H22ClN3O5. The Morgan fingerprint density at radius 2 is 1.84 bits per heavy atom. The van der Waals surface area contributed by atoms with E-state index in [1.165, 1.54) is 19.1 Å². The molecule has 3 rings (SSSR count). The second-order valence-electron chi connectivity index (χ2n) is 7.29. The molecule has 0 radical (unpaired) electrons. The molecule has 0 bridgehead atoms. The van der Waals surface area contributed by atoms with Crippen molar-refractivity contribution in [2.45, 2.75) is 32.2 Å². The number of ether oxygens (including phenoxy) is 2. The normalized spacial score (nSPS) is 21.3. The van der Waals surface area contributed by atoms with Crippen LogP contribution in [0, 0.1) is 17.2 Å². The van der Waals surface area contributed by atoms with Crippen LogP contribution in [0.4, 0.5) is 0 Å². The van der Waals surface area contributed by atoms with Crippen LogP contribution in [0.1, 0.15) is 31.7 Å². The molecule has 2 heterocycles. The van der Waals surface area contributed by atoms with Crippen LogP contribution < -0.4 is 5.32 Å². The molecule has 3 atom stereocenters.